The molecule has 0 spiro atoms. The molecule has 4 nitrogen and oxygen atoms in total. The Morgan fingerprint density at radius 1 is 1.53 bits per heavy atom. The minimum atomic E-state index is -3.35. The lowest BCUT2D eigenvalue weighted by Crippen LogP contribution is -2.03. The standard InChI is InChI=1S/C11H12N2O2S2/c1-3-4-17(14,15)11-13-9-5-7(2)8(12)6-10(9)16-11/h3,5-6H,1,4,12H2,2H3. The van der Waals surface area contributed by atoms with Crippen LogP contribution in [0.1, 0.15) is 5.56 Å². The van der Waals surface area contributed by atoms with E-state index in [0.29, 0.717) is 11.2 Å². The Hall–Kier alpha value is -1.40. The monoisotopic (exact) mass is 268 g/mol. The van der Waals surface area contributed by atoms with Gasteiger partial charge in [0.25, 0.3) is 0 Å². The maximum absolute atomic E-state index is 11.8. The summed E-state index contributed by atoms with van der Waals surface area (Å²) in [6.45, 7) is 5.30. The number of nitrogens with zero attached hydrogens (tertiary/aromatic N) is 1. The van der Waals surface area contributed by atoms with Crippen molar-refractivity contribution in [2.75, 3.05) is 11.5 Å². The quantitative estimate of drug-likeness (QED) is 0.683. The Morgan fingerprint density at radius 3 is 2.88 bits per heavy atom. The van der Waals surface area contributed by atoms with Gasteiger partial charge in [0.2, 0.25) is 14.2 Å². The predicted octanol–water partition coefficient (Wildman–Crippen LogP) is 2.15. The lowest BCUT2D eigenvalue weighted by atomic mass is 10.2. The van der Waals surface area contributed by atoms with Crippen molar-refractivity contribution in [1.82, 2.24) is 4.98 Å². The van der Waals surface area contributed by atoms with Gasteiger partial charge in [-0.15, -0.1) is 17.9 Å². The number of nitrogens with two attached hydrogens (primary N) is 1. The van der Waals surface area contributed by atoms with Gasteiger partial charge in [0, 0.05) is 5.69 Å². The van der Waals surface area contributed by atoms with Crippen LogP contribution < -0.4 is 5.73 Å². The van der Waals surface area contributed by atoms with Crippen molar-refractivity contribution in [2.45, 2.75) is 11.3 Å². The van der Waals surface area contributed by atoms with E-state index in [-0.39, 0.29) is 10.1 Å². The van der Waals surface area contributed by atoms with E-state index < -0.39 is 9.84 Å². The van der Waals surface area contributed by atoms with E-state index in [2.05, 4.69) is 11.6 Å². The van der Waals surface area contributed by atoms with Gasteiger partial charge in [-0.1, -0.05) is 6.08 Å². The maximum Gasteiger partial charge on any atom is 0.210 e. The Morgan fingerprint density at radius 2 is 2.24 bits per heavy atom. The largest absolute Gasteiger partial charge is 0.398 e. The molecular weight excluding hydrogens is 256 g/mol. The third-order valence-corrected chi connectivity index (χ3v) is 5.48. The molecule has 1 heterocycles. The van der Waals surface area contributed by atoms with Crippen LogP contribution in [0.25, 0.3) is 10.2 Å². The first kappa shape index (κ1) is 12.1. The number of nitrogen functional groups attached to an aromatic ring is 1. The molecule has 2 aromatic rings. The van der Waals surface area contributed by atoms with Gasteiger partial charge < -0.3 is 5.73 Å². The summed E-state index contributed by atoms with van der Waals surface area (Å²) in [5, 5.41) is 0. The summed E-state index contributed by atoms with van der Waals surface area (Å²) in [6.07, 6.45) is 1.36. The summed E-state index contributed by atoms with van der Waals surface area (Å²) in [4.78, 5) is 4.13. The maximum atomic E-state index is 11.8. The summed E-state index contributed by atoms with van der Waals surface area (Å²) < 4.78 is 24.5. The molecule has 0 radical (unpaired) electrons. The highest BCUT2D eigenvalue weighted by Gasteiger charge is 2.18. The molecule has 0 aliphatic heterocycles. The molecule has 2 rings (SSSR count). The molecule has 0 aliphatic carbocycles. The number of hydrogen-bond donors (Lipinski definition) is 1. The fraction of sp³-hybridized carbons (Fsp3) is 0.182. The zero-order valence-electron chi connectivity index (χ0n) is 9.30. The lowest BCUT2D eigenvalue weighted by molar-refractivity contribution is 0.598. The van der Waals surface area contributed by atoms with E-state index in [9.17, 15) is 8.42 Å². The van der Waals surface area contributed by atoms with E-state index in [4.69, 9.17) is 5.73 Å². The lowest BCUT2D eigenvalue weighted by Gasteiger charge is -1.97. The van der Waals surface area contributed by atoms with Crippen LogP contribution in [0.4, 0.5) is 5.69 Å². The molecule has 0 atom stereocenters. The van der Waals surface area contributed by atoms with Crippen LogP contribution in [0.5, 0.6) is 0 Å². The summed E-state index contributed by atoms with van der Waals surface area (Å²) in [5.41, 5.74) is 7.99. The summed E-state index contributed by atoms with van der Waals surface area (Å²) >= 11 is 1.14. The Kier molecular flexibility index (Phi) is 2.92. The molecule has 0 saturated carbocycles. The van der Waals surface area contributed by atoms with Crippen LogP contribution in [0.15, 0.2) is 29.1 Å². The van der Waals surface area contributed by atoms with E-state index in [0.717, 1.165) is 21.6 Å². The molecule has 1 aromatic carbocycles. The van der Waals surface area contributed by atoms with Crippen LogP contribution >= 0.6 is 11.3 Å². The number of rotatable bonds is 3. The first-order valence-electron chi connectivity index (χ1n) is 4.94. The number of fused-ring (bicyclic) bond motifs is 1. The Labute approximate surface area is 104 Å². The summed E-state index contributed by atoms with van der Waals surface area (Å²) in [6, 6.07) is 3.56. The average Bonchev–Trinajstić information content (AvgIpc) is 2.62. The Bertz CT molecular complexity index is 648. The second kappa shape index (κ2) is 4.12. The van der Waals surface area contributed by atoms with E-state index in [1.165, 1.54) is 6.08 Å². The SMILES string of the molecule is C=CCS(=O)(=O)c1nc2cc(C)c(N)cc2s1. The van der Waals surface area contributed by atoms with Gasteiger partial charge in [0.1, 0.15) is 0 Å². The van der Waals surface area contributed by atoms with Crippen molar-refractivity contribution in [3.8, 4) is 0 Å². The van der Waals surface area contributed by atoms with Crippen molar-refractivity contribution < 1.29 is 8.42 Å². The number of benzene rings is 1. The molecule has 90 valence electrons. The zero-order chi connectivity index (χ0) is 12.6. The van der Waals surface area contributed by atoms with Gasteiger partial charge in [-0.05, 0) is 24.6 Å². The van der Waals surface area contributed by atoms with E-state index in [1.807, 2.05) is 6.92 Å². The van der Waals surface area contributed by atoms with Crippen molar-refractivity contribution >= 4 is 37.1 Å². The van der Waals surface area contributed by atoms with Crippen molar-refractivity contribution in [2.24, 2.45) is 0 Å². The third kappa shape index (κ3) is 2.18. The molecule has 0 amide bonds. The normalized spacial score (nSPS) is 11.8. The minimum absolute atomic E-state index is 0.0959. The highest BCUT2D eigenvalue weighted by Crippen LogP contribution is 2.29. The van der Waals surface area contributed by atoms with Crippen molar-refractivity contribution in [3.05, 3.63) is 30.4 Å². The third-order valence-electron chi connectivity index (χ3n) is 2.36. The number of sulfone groups is 1. The second-order valence-corrected chi connectivity index (χ2v) is 6.96. The number of aromatic nitrogens is 1. The molecule has 0 saturated heterocycles. The van der Waals surface area contributed by atoms with Gasteiger partial charge in [-0.25, -0.2) is 13.4 Å². The molecule has 0 aliphatic rings. The van der Waals surface area contributed by atoms with Crippen molar-refractivity contribution in [1.29, 1.82) is 0 Å². The number of hydrogen-bond acceptors (Lipinski definition) is 5. The fourth-order valence-electron chi connectivity index (χ4n) is 1.43. The second-order valence-electron chi connectivity index (χ2n) is 3.73. The minimum Gasteiger partial charge on any atom is -0.398 e. The molecule has 0 unspecified atom stereocenters. The van der Waals surface area contributed by atoms with Crippen LogP contribution in [0.3, 0.4) is 0 Å². The predicted molar refractivity (Wildman–Crippen MR) is 71.0 cm³/mol. The van der Waals surface area contributed by atoms with E-state index in [1.54, 1.807) is 12.1 Å². The fourth-order valence-corrected chi connectivity index (χ4v) is 3.83. The van der Waals surface area contributed by atoms with Crippen LogP contribution in [-0.2, 0) is 9.84 Å². The van der Waals surface area contributed by atoms with Gasteiger partial charge >= 0.3 is 0 Å². The first-order chi connectivity index (χ1) is 7.94. The molecular formula is C11H12N2O2S2. The topological polar surface area (TPSA) is 73.0 Å². The summed E-state index contributed by atoms with van der Waals surface area (Å²) in [5.74, 6) is -0.0959. The number of aryl methyl sites for hydroxylation is 1. The molecule has 17 heavy (non-hydrogen) atoms. The van der Waals surface area contributed by atoms with E-state index >= 15 is 0 Å². The highest BCUT2D eigenvalue weighted by atomic mass is 32.2. The Balaban J connectivity index is 2.63. The molecule has 0 fully saturated rings. The first-order valence-corrected chi connectivity index (χ1v) is 7.41. The zero-order valence-corrected chi connectivity index (χ0v) is 10.9. The summed E-state index contributed by atoms with van der Waals surface area (Å²) in [7, 11) is -3.35. The average molecular weight is 268 g/mol. The molecule has 0 bridgehead atoms. The van der Waals surface area contributed by atoms with Gasteiger partial charge in [-0.3, -0.25) is 0 Å². The number of anilines is 1. The highest BCUT2D eigenvalue weighted by molar-refractivity contribution is 7.93. The molecule has 6 heteroatoms. The number of thiazole rings is 1. The van der Waals surface area contributed by atoms with Gasteiger partial charge in [-0.2, -0.15) is 0 Å². The van der Waals surface area contributed by atoms with Crippen molar-refractivity contribution in [3.63, 3.8) is 0 Å². The van der Waals surface area contributed by atoms with Gasteiger partial charge in [0.15, 0.2) is 0 Å². The molecule has 1 aromatic heterocycles. The van der Waals surface area contributed by atoms with Crippen LogP contribution in [0.2, 0.25) is 0 Å². The van der Waals surface area contributed by atoms with Crippen LogP contribution in [0, 0.1) is 6.92 Å². The molecule has 2 N–H and O–H groups in total. The smallest absolute Gasteiger partial charge is 0.210 e. The van der Waals surface area contributed by atoms with Crippen LogP contribution in [-0.4, -0.2) is 19.2 Å². The van der Waals surface area contributed by atoms with Gasteiger partial charge in [0.05, 0.1) is 16.0 Å².